The van der Waals surface area contributed by atoms with Gasteiger partial charge in [-0.2, -0.15) is 5.26 Å². The maximum absolute atomic E-state index is 9.76. The van der Waals surface area contributed by atoms with E-state index in [1.807, 2.05) is 0 Å². The van der Waals surface area contributed by atoms with Crippen molar-refractivity contribution in [3.05, 3.63) is 12.7 Å². The molecule has 0 amide bonds. The highest BCUT2D eigenvalue weighted by atomic mass is 16.4. The molecule has 0 saturated heterocycles. The average molecular weight is 110 g/mol. The fraction of sp³-hybridized carbons (Fsp3) is 0.200. The molecule has 0 aliphatic rings. The Bertz CT molecular complexity index is 145. The van der Waals surface area contributed by atoms with Crippen LogP contribution in [0.5, 0.6) is 0 Å². The summed E-state index contributed by atoms with van der Waals surface area (Å²) in [5, 5.41) is 17.7. The second-order valence-electron chi connectivity index (χ2n) is 1.16. The molecule has 1 atom stereocenters. The summed E-state index contributed by atoms with van der Waals surface area (Å²) in [7, 11) is 0. The minimum atomic E-state index is -1.40. The summed E-state index contributed by atoms with van der Waals surface area (Å²) in [5.74, 6) is -2.57. The van der Waals surface area contributed by atoms with E-state index in [2.05, 4.69) is 6.58 Å². The number of carbonyl (C=O) groups excluding carboxylic acids is 1. The third kappa shape index (κ3) is 1.43. The highest BCUT2D eigenvalue weighted by molar-refractivity contribution is 5.72. The summed E-state index contributed by atoms with van der Waals surface area (Å²) in [4.78, 5) is 9.76. The fourth-order valence-electron chi connectivity index (χ4n) is 0.202. The first-order valence-electron chi connectivity index (χ1n) is 1.95. The Labute approximate surface area is 46.9 Å². The highest BCUT2D eigenvalue weighted by Crippen LogP contribution is 1.90. The summed E-state index contributed by atoms with van der Waals surface area (Å²) in [6, 6.07) is 1.47. The lowest BCUT2D eigenvalue weighted by molar-refractivity contribution is -0.307. The van der Waals surface area contributed by atoms with E-state index in [-0.39, 0.29) is 0 Å². The second kappa shape index (κ2) is 2.80. The zero-order valence-corrected chi connectivity index (χ0v) is 4.13. The molecular formula is C5H4NO2-. The van der Waals surface area contributed by atoms with Gasteiger partial charge in [0, 0.05) is 0 Å². The predicted octanol–water partition coefficient (Wildman–Crippen LogP) is -0.938. The van der Waals surface area contributed by atoms with Crippen molar-refractivity contribution in [2.24, 2.45) is 5.92 Å². The van der Waals surface area contributed by atoms with Gasteiger partial charge >= 0.3 is 0 Å². The number of carboxylic acid groups (broad SMARTS) is 1. The van der Waals surface area contributed by atoms with Crippen LogP contribution in [0.15, 0.2) is 12.7 Å². The first-order chi connectivity index (χ1) is 3.72. The third-order valence-corrected chi connectivity index (χ3v) is 0.629. The monoisotopic (exact) mass is 110 g/mol. The molecular weight excluding hydrogens is 106 g/mol. The SMILES string of the molecule is C=CC(C#N)C(=O)[O-]. The maximum atomic E-state index is 9.76. The van der Waals surface area contributed by atoms with Crippen LogP contribution in [-0.4, -0.2) is 5.97 Å². The quantitative estimate of drug-likeness (QED) is 0.431. The first-order valence-corrected chi connectivity index (χ1v) is 1.95. The smallest absolute Gasteiger partial charge is 0.104 e. The molecule has 0 aliphatic heterocycles. The molecule has 0 aromatic heterocycles. The van der Waals surface area contributed by atoms with E-state index < -0.39 is 11.9 Å². The van der Waals surface area contributed by atoms with E-state index in [1.165, 1.54) is 6.07 Å². The molecule has 0 bridgehead atoms. The average Bonchev–Trinajstić information content (AvgIpc) is 1.69. The number of carboxylic acids is 1. The number of rotatable bonds is 2. The molecule has 1 unspecified atom stereocenters. The van der Waals surface area contributed by atoms with Gasteiger partial charge in [-0.05, 0) is 0 Å². The molecule has 3 heteroatoms. The molecule has 0 spiro atoms. The maximum Gasteiger partial charge on any atom is 0.104 e. The standard InChI is InChI=1S/C5H5NO2/c1-2-4(3-6)5(7)8/h2,4H,1H2,(H,7,8)/p-1. The molecule has 0 heterocycles. The Balaban J connectivity index is 3.95. The van der Waals surface area contributed by atoms with Crippen molar-refractivity contribution in [1.82, 2.24) is 0 Å². The van der Waals surface area contributed by atoms with Crippen LogP contribution in [-0.2, 0) is 4.79 Å². The van der Waals surface area contributed by atoms with E-state index in [0.717, 1.165) is 6.08 Å². The number of nitrogens with zero attached hydrogens (tertiary/aromatic N) is 1. The van der Waals surface area contributed by atoms with Crippen LogP contribution in [0.3, 0.4) is 0 Å². The fourth-order valence-corrected chi connectivity index (χ4v) is 0.202. The lowest BCUT2D eigenvalue weighted by Crippen LogP contribution is -2.28. The van der Waals surface area contributed by atoms with Crippen molar-refractivity contribution in [3.8, 4) is 6.07 Å². The van der Waals surface area contributed by atoms with Gasteiger partial charge in [0.15, 0.2) is 0 Å². The lowest BCUT2D eigenvalue weighted by Gasteiger charge is -2.00. The molecule has 0 rings (SSSR count). The van der Waals surface area contributed by atoms with Gasteiger partial charge in [0.1, 0.15) is 5.92 Å². The van der Waals surface area contributed by atoms with E-state index in [4.69, 9.17) is 5.26 Å². The van der Waals surface area contributed by atoms with Crippen molar-refractivity contribution >= 4 is 5.97 Å². The van der Waals surface area contributed by atoms with Crippen molar-refractivity contribution in [2.45, 2.75) is 0 Å². The van der Waals surface area contributed by atoms with Gasteiger partial charge in [-0.15, -0.1) is 6.58 Å². The van der Waals surface area contributed by atoms with Crippen LogP contribution in [0.2, 0.25) is 0 Å². The molecule has 0 fully saturated rings. The Morgan fingerprint density at radius 3 is 2.50 bits per heavy atom. The van der Waals surface area contributed by atoms with Gasteiger partial charge in [-0.1, -0.05) is 6.08 Å². The van der Waals surface area contributed by atoms with Gasteiger partial charge in [-0.3, -0.25) is 0 Å². The Morgan fingerprint density at radius 1 is 2.00 bits per heavy atom. The zero-order chi connectivity index (χ0) is 6.57. The number of nitriles is 1. The van der Waals surface area contributed by atoms with Crippen LogP contribution in [0.1, 0.15) is 0 Å². The Kier molecular flexibility index (Phi) is 2.35. The molecule has 0 N–H and O–H groups in total. The second-order valence-corrected chi connectivity index (χ2v) is 1.16. The molecule has 8 heavy (non-hydrogen) atoms. The number of aliphatic carboxylic acids is 1. The van der Waals surface area contributed by atoms with Crippen molar-refractivity contribution in [3.63, 3.8) is 0 Å². The highest BCUT2D eigenvalue weighted by Gasteiger charge is 1.98. The van der Waals surface area contributed by atoms with Gasteiger partial charge in [0.25, 0.3) is 0 Å². The molecule has 0 aliphatic carbocycles. The summed E-state index contributed by atoms with van der Waals surface area (Å²) in [6.07, 6.45) is 1.02. The van der Waals surface area contributed by atoms with Gasteiger partial charge in [-0.25, -0.2) is 0 Å². The van der Waals surface area contributed by atoms with E-state index in [9.17, 15) is 9.90 Å². The summed E-state index contributed by atoms with van der Waals surface area (Å²) in [5.41, 5.74) is 0. The minimum Gasteiger partial charge on any atom is -0.548 e. The topological polar surface area (TPSA) is 63.9 Å². The Morgan fingerprint density at radius 2 is 2.50 bits per heavy atom. The Hall–Kier alpha value is -1.30. The molecule has 3 nitrogen and oxygen atoms in total. The van der Waals surface area contributed by atoms with Crippen LogP contribution in [0.4, 0.5) is 0 Å². The van der Waals surface area contributed by atoms with Crippen molar-refractivity contribution < 1.29 is 9.90 Å². The van der Waals surface area contributed by atoms with E-state index in [1.54, 1.807) is 0 Å². The zero-order valence-electron chi connectivity index (χ0n) is 4.13. The van der Waals surface area contributed by atoms with Gasteiger partial charge in [0.05, 0.1) is 12.0 Å². The molecule has 0 radical (unpaired) electrons. The first kappa shape index (κ1) is 6.70. The van der Waals surface area contributed by atoms with Crippen molar-refractivity contribution in [1.29, 1.82) is 5.26 Å². The van der Waals surface area contributed by atoms with E-state index >= 15 is 0 Å². The summed E-state index contributed by atoms with van der Waals surface area (Å²) >= 11 is 0. The van der Waals surface area contributed by atoms with Gasteiger partial charge in [0.2, 0.25) is 0 Å². The number of hydrogen-bond acceptors (Lipinski definition) is 3. The molecule has 0 aromatic rings. The van der Waals surface area contributed by atoms with Crippen LogP contribution >= 0.6 is 0 Å². The molecule has 42 valence electrons. The van der Waals surface area contributed by atoms with Crippen LogP contribution in [0, 0.1) is 17.2 Å². The molecule has 0 saturated carbocycles. The lowest BCUT2D eigenvalue weighted by atomic mass is 10.2. The van der Waals surface area contributed by atoms with Crippen molar-refractivity contribution in [2.75, 3.05) is 0 Å². The number of carbonyl (C=O) groups is 1. The minimum absolute atomic E-state index is 1.02. The largest absolute Gasteiger partial charge is 0.548 e. The number of hydrogen-bond donors (Lipinski definition) is 0. The van der Waals surface area contributed by atoms with Gasteiger partial charge < -0.3 is 9.90 Å². The summed E-state index contributed by atoms with van der Waals surface area (Å²) < 4.78 is 0. The van der Waals surface area contributed by atoms with E-state index in [0.29, 0.717) is 0 Å². The van der Waals surface area contributed by atoms with Crippen LogP contribution < -0.4 is 5.11 Å². The van der Waals surface area contributed by atoms with Crippen LogP contribution in [0.25, 0.3) is 0 Å². The molecule has 0 aromatic carbocycles. The predicted molar refractivity (Wildman–Crippen MR) is 24.3 cm³/mol. The summed E-state index contributed by atoms with van der Waals surface area (Å²) in [6.45, 7) is 3.11. The normalized spacial score (nSPS) is 11.4. The third-order valence-electron chi connectivity index (χ3n) is 0.629.